The summed E-state index contributed by atoms with van der Waals surface area (Å²) in [5.41, 5.74) is 6.71. The van der Waals surface area contributed by atoms with Gasteiger partial charge in [0.25, 0.3) is 5.91 Å². The number of carbonyl (C=O) groups is 1. The number of aromatic nitrogens is 1. The average molecular weight is 244 g/mol. The lowest BCUT2D eigenvalue weighted by molar-refractivity contribution is 0.0765. The Labute approximate surface area is 102 Å². The number of nitrogen functional groups attached to an aromatic ring is 1. The molecule has 0 fully saturated rings. The summed E-state index contributed by atoms with van der Waals surface area (Å²) in [5, 5.41) is 0. The molecule has 0 spiro atoms. The van der Waals surface area contributed by atoms with Crippen molar-refractivity contribution in [2.24, 2.45) is 0 Å². The first-order chi connectivity index (χ1) is 7.20. The fourth-order valence-electron chi connectivity index (χ4n) is 1.43. The summed E-state index contributed by atoms with van der Waals surface area (Å²) in [4.78, 5) is 17.7. The summed E-state index contributed by atoms with van der Waals surface area (Å²) in [5.74, 6) is -0.0371. The van der Waals surface area contributed by atoms with Crippen molar-refractivity contribution >= 4 is 24.0 Å². The summed E-state index contributed by atoms with van der Waals surface area (Å²) < 4.78 is 0. The van der Waals surface area contributed by atoms with E-state index in [1.807, 2.05) is 13.8 Å². The van der Waals surface area contributed by atoms with Gasteiger partial charge in [0.15, 0.2) is 0 Å². The van der Waals surface area contributed by atoms with Gasteiger partial charge in [0.1, 0.15) is 0 Å². The molecule has 0 aliphatic heterocycles. The Balaban J connectivity index is 0.00000225. The monoisotopic (exact) mass is 243 g/mol. The third-order valence-corrected chi connectivity index (χ3v) is 2.25. The number of rotatable bonds is 4. The molecule has 1 aromatic heterocycles. The van der Waals surface area contributed by atoms with Gasteiger partial charge in [0.05, 0.1) is 5.56 Å². The van der Waals surface area contributed by atoms with Gasteiger partial charge in [0, 0.05) is 31.2 Å². The number of hydrogen-bond donors (Lipinski definition) is 1. The van der Waals surface area contributed by atoms with E-state index < -0.39 is 0 Å². The zero-order chi connectivity index (χ0) is 11.3. The maximum Gasteiger partial charge on any atom is 0.257 e. The van der Waals surface area contributed by atoms with Crippen molar-refractivity contribution in [3.8, 4) is 0 Å². The Bertz CT molecular complexity index is 344. The van der Waals surface area contributed by atoms with Gasteiger partial charge >= 0.3 is 0 Å². The highest BCUT2D eigenvalue weighted by Crippen LogP contribution is 2.12. The number of nitrogens with two attached hydrogens (primary N) is 1. The van der Waals surface area contributed by atoms with Crippen LogP contribution in [-0.4, -0.2) is 28.9 Å². The minimum absolute atomic E-state index is 0. The number of nitrogens with zero attached hydrogens (tertiary/aromatic N) is 2. The summed E-state index contributed by atoms with van der Waals surface area (Å²) in [7, 11) is 0. The van der Waals surface area contributed by atoms with Crippen molar-refractivity contribution < 1.29 is 4.79 Å². The molecule has 1 rings (SSSR count). The molecule has 90 valence electrons. The van der Waals surface area contributed by atoms with Crippen molar-refractivity contribution in [3.05, 3.63) is 24.0 Å². The van der Waals surface area contributed by atoms with E-state index in [1.165, 1.54) is 6.20 Å². The number of pyridine rings is 1. The molecule has 0 saturated carbocycles. The van der Waals surface area contributed by atoms with Gasteiger partial charge in [-0.3, -0.25) is 9.78 Å². The predicted octanol–water partition coefficient (Wildman–Crippen LogP) is 1.96. The molecule has 0 aliphatic carbocycles. The fraction of sp³-hybridized carbons (Fsp3) is 0.455. The van der Waals surface area contributed by atoms with Crippen molar-refractivity contribution in [1.82, 2.24) is 9.88 Å². The van der Waals surface area contributed by atoms with Crippen LogP contribution in [0.4, 0.5) is 5.69 Å². The molecule has 1 aromatic rings. The number of hydrogen-bond acceptors (Lipinski definition) is 3. The van der Waals surface area contributed by atoms with Crippen LogP contribution in [0.3, 0.4) is 0 Å². The van der Waals surface area contributed by atoms with Crippen LogP contribution in [0.2, 0.25) is 0 Å². The summed E-state index contributed by atoms with van der Waals surface area (Å²) >= 11 is 0. The topological polar surface area (TPSA) is 59.2 Å². The van der Waals surface area contributed by atoms with Crippen molar-refractivity contribution in [2.45, 2.75) is 20.3 Å². The molecular weight excluding hydrogens is 226 g/mol. The summed E-state index contributed by atoms with van der Waals surface area (Å²) in [6, 6.07) is 1.65. The van der Waals surface area contributed by atoms with E-state index >= 15 is 0 Å². The summed E-state index contributed by atoms with van der Waals surface area (Å²) in [6.07, 6.45) is 4.05. The van der Waals surface area contributed by atoms with Gasteiger partial charge in [-0.05, 0) is 19.4 Å². The third kappa shape index (κ3) is 3.38. The highest BCUT2D eigenvalue weighted by atomic mass is 35.5. The number of amides is 1. The lowest BCUT2D eigenvalue weighted by Crippen LogP contribution is -2.32. The van der Waals surface area contributed by atoms with Crippen LogP contribution in [0.15, 0.2) is 18.5 Å². The van der Waals surface area contributed by atoms with Crippen molar-refractivity contribution in [3.63, 3.8) is 0 Å². The van der Waals surface area contributed by atoms with Gasteiger partial charge in [-0.1, -0.05) is 6.92 Å². The maximum absolute atomic E-state index is 12.0. The molecule has 4 nitrogen and oxygen atoms in total. The molecule has 0 unspecified atom stereocenters. The highest BCUT2D eigenvalue weighted by molar-refractivity contribution is 5.98. The Morgan fingerprint density at radius 3 is 2.69 bits per heavy atom. The molecule has 0 atom stereocenters. The van der Waals surface area contributed by atoms with E-state index in [0.29, 0.717) is 17.8 Å². The second-order valence-electron chi connectivity index (χ2n) is 3.35. The molecule has 1 heterocycles. The minimum Gasteiger partial charge on any atom is -0.398 e. The van der Waals surface area contributed by atoms with Gasteiger partial charge in [-0.2, -0.15) is 0 Å². The van der Waals surface area contributed by atoms with E-state index in [-0.39, 0.29) is 18.3 Å². The number of carbonyl (C=O) groups excluding carboxylic acids is 1. The van der Waals surface area contributed by atoms with Crippen LogP contribution in [-0.2, 0) is 0 Å². The Morgan fingerprint density at radius 1 is 1.50 bits per heavy atom. The third-order valence-electron chi connectivity index (χ3n) is 2.25. The Kier molecular flexibility index (Phi) is 6.49. The molecule has 0 bridgehead atoms. The first-order valence-electron chi connectivity index (χ1n) is 5.19. The average Bonchev–Trinajstić information content (AvgIpc) is 2.25. The smallest absolute Gasteiger partial charge is 0.257 e. The van der Waals surface area contributed by atoms with Crippen molar-refractivity contribution in [1.29, 1.82) is 0 Å². The van der Waals surface area contributed by atoms with Gasteiger partial charge in [0.2, 0.25) is 0 Å². The van der Waals surface area contributed by atoms with Gasteiger partial charge in [-0.15, -0.1) is 12.4 Å². The maximum atomic E-state index is 12.0. The lowest BCUT2D eigenvalue weighted by atomic mass is 10.2. The zero-order valence-electron chi connectivity index (χ0n) is 9.64. The molecule has 1 amide bonds. The van der Waals surface area contributed by atoms with Crippen LogP contribution in [0.1, 0.15) is 30.6 Å². The van der Waals surface area contributed by atoms with Crippen LogP contribution in [0, 0.1) is 0 Å². The standard InChI is InChI=1S/C11H17N3O.ClH/c1-3-7-14(4-2)11(15)9-8-13-6-5-10(9)12;/h5-6,8H,3-4,7H2,1-2H3,(H2,12,13);1H. The second-order valence-corrected chi connectivity index (χ2v) is 3.35. The van der Waals surface area contributed by atoms with Crippen LogP contribution in [0.25, 0.3) is 0 Å². The Morgan fingerprint density at radius 2 is 2.19 bits per heavy atom. The fourth-order valence-corrected chi connectivity index (χ4v) is 1.43. The predicted molar refractivity (Wildman–Crippen MR) is 67.8 cm³/mol. The molecular formula is C11H18ClN3O. The van der Waals surface area contributed by atoms with E-state index in [9.17, 15) is 4.79 Å². The SMILES string of the molecule is CCCN(CC)C(=O)c1cnccc1N.Cl. The first-order valence-corrected chi connectivity index (χ1v) is 5.19. The molecule has 16 heavy (non-hydrogen) atoms. The number of halogens is 1. The largest absolute Gasteiger partial charge is 0.398 e. The number of anilines is 1. The van der Waals surface area contributed by atoms with E-state index in [0.717, 1.165) is 13.0 Å². The second kappa shape index (κ2) is 7.06. The molecule has 0 aliphatic rings. The Hall–Kier alpha value is -1.29. The zero-order valence-corrected chi connectivity index (χ0v) is 10.5. The highest BCUT2D eigenvalue weighted by Gasteiger charge is 2.15. The van der Waals surface area contributed by atoms with E-state index in [4.69, 9.17) is 5.73 Å². The quantitative estimate of drug-likeness (QED) is 0.880. The summed E-state index contributed by atoms with van der Waals surface area (Å²) in [6.45, 7) is 5.45. The molecule has 0 radical (unpaired) electrons. The molecule has 0 saturated heterocycles. The van der Waals surface area contributed by atoms with Crippen LogP contribution >= 0.6 is 12.4 Å². The van der Waals surface area contributed by atoms with E-state index in [1.54, 1.807) is 17.2 Å². The minimum atomic E-state index is -0.0371. The normalized spacial score (nSPS) is 9.38. The van der Waals surface area contributed by atoms with Gasteiger partial charge < -0.3 is 10.6 Å². The van der Waals surface area contributed by atoms with E-state index in [2.05, 4.69) is 4.98 Å². The first kappa shape index (κ1) is 14.7. The van der Waals surface area contributed by atoms with Crippen molar-refractivity contribution in [2.75, 3.05) is 18.8 Å². The molecule has 5 heteroatoms. The lowest BCUT2D eigenvalue weighted by Gasteiger charge is -2.20. The van der Waals surface area contributed by atoms with Crippen LogP contribution in [0.5, 0.6) is 0 Å². The van der Waals surface area contributed by atoms with Crippen LogP contribution < -0.4 is 5.73 Å². The molecule has 2 N–H and O–H groups in total. The molecule has 0 aromatic carbocycles. The van der Waals surface area contributed by atoms with Gasteiger partial charge in [-0.25, -0.2) is 0 Å².